The summed E-state index contributed by atoms with van der Waals surface area (Å²) in [5.74, 6) is 0.720. The zero-order chi connectivity index (χ0) is 26.3. The highest BCUT2D eigenvalue weighted by atomic mass is 35.5. The van der Waals surface area contributed by atoms with Gasteiger partial charge < -0.3 is 14.2 Å². The number of hydrogen-bond donors (Lipinski definition) is 2. The van der Waals surface area contributed by atoms with Gasteiger partial charge in [-0.15, -0.1) is 0 Å². The minimum atomic E-state index is -0.452. The summed E-state index contributed by atoms with van der Waals surface area (Å²) in [5.41, 5.74) is 8.06. The SMILES string of the molecule is Cc1cc(C)c2oc(-c3cc(NC(=S)NC(=O)c4ccc(-c5ccc(C)c(C)c5)o4)ccc3Cl)nc2c1. The number of hydrogen-bond acceptors (Lipinski definition) is 5. The van der Waals surface area contributed by atoms with Crippen molar-refractivity contribution in [3.8, 4) is 22.8 Å². The van der Waals surface area contributed by atoms with Gasteiger partial charge in [0.15, 0.2) is 16.5 Å². The molecule has 3 aromatic carbocycles. The minimum absolute atomic E-state index is 0.117. The number of nitrogens with zero attached hydrogens (tertiary/aromatic N) is 1. The lowest BCUT2D eigenvalue weighted by Gasteiger charge is -2.10. The summed E-state index contributed by atoms with van der Waals surface area (Å²) in [5, 5.41) is 6.27. The number of amides is 1. The van der Waals surface area contributed by atoms with Gasteiger partial charge in [-0.2, -0.15) is 0 Å². The molecule has 0 aliphatic rings. The maximum absolute atomic E-state index is 12.7. The Morgan fingerprint density at radius 2 is 1.70 bits per heavy atom. The second-order valence-electron chi connectivity index (χ2n) is 9.01. The summed E-state index contributed by atoms with van der Waals surface area (Å²) in [6.45, 7) is 8.08. The van der Waals surface area contributed by atoms with Gasteiger partial charge in [0.05, 0.1) is 10.6 Å². The van der Waals surface area contributed by atoms with Crippen molar-refractivity contribution in [2.75, 3.05) is 5.32 Å². The maximum Gasteiger partial charge on any atom is 0.293 e. The Kier molecular flexibility index (Phi) is 6.58. The Morgan fingerprint density at radius 3 is 2.49 bits per heavy atom. The molecule has 37 heavy (non-hydrogen) atoms. The number of anilines is 1. The fourth-order valence-electron chi connectivity index (χ4n) is 4.10. The molecule has 0 saturated heterocycles. The van der Waals surface area contributed by atoms with Crippen molar-refractivity contribution < 1.29 is 13.6 Å². The first-order valence-corrected chi connectivity index (χ1v) is 12.4. The monoisotopic (exact) mass is 529 g/mol. The van der Waals surface area contributed by atoms with Gasteiger partial charge in [-0.25, -0.2) is 4.98 Å². The fraction of sp³-hybridized carbons (Fsp3) is 0.138. The molecule has 2 aromatic heterocycles. The van der Waals surface area contributed by atoms with Crippen LogP contribution in [0, 0.1) is 27.7 Å². The van der Waals surface area contributed by atoms with Crippen molar-refractivity contribution in [2.24, 2.45) is 0 Å². The van der Waals surface area contributed by atoms with Gasteiger partial charge in [0.1, 0.15) is 11.3 Å². The van der Waals surface area contributed by atoms with Crippen molar-refractivity contribution in [3.05, 3.63) is 93.7 Å². The average Bonchev–Trinajstić information content (AvgIpc) is 3.50. The molecule has 5 aromatic rings. The van der Waals surface area contributed by atoms with Crippen LogP contribution in [0.15, 0.2) is 69.5 Å². The third-order valence-corrected chi connectivity index (χ3v) is 6.66. The van der Waals surface area contributed by atoms with Crippen LogP contribution in [0.2, 0.25) is 5.02 Å². The topological polar surface area (TPSA) is 80.3 Å². The second kappa shape index (κ2) is 9.84. The summed E-state index contributed by atoms with van der Waals surface area (Å²) < 4.78 is 11.8. The number of furan rings is 1. The van der Waals surface area contributed by atoms with Crippen molar-refractivity contribution in [2.45, 2.75) is 27.7 Å². The van der Waals surface area contributed by atoms with E-state index in [0.29, 0.717) is 27.9 Å². The number of carbonyl (C=O) groups excluding carboxylic acids is 1. The summed E-state index contributed by atoms with van der Waals surface area (Å²) >= 11 is 11.8. The summed E-state index contributed by atoms with van der Waals surface area (Å²) in [4.78, 5) is 17.4. The van der Waals surface area contributed by atoms with Crippen molar-refractivity contribution in [1.29, 1.82) is 0 Å². The van der Waals surface area contributed by atoms with Gasteiger partial charge in [-0.05, 0) is 105 Å². The number of oxazole rings is 1. The zero-order valence-corrected chi connectivity index (χ0v) is 22.3. The van der Waals surface area contributed by atoms with Crippen LogP contribution >= 0.6 is 23.8 Å². The fourth-order valence-corrected chi connectivity index (χ4v) is 4.50. The van der Waals surface area contributed by atoms with Crippen LogP contribution in [0.5, 0.6) is 0 Å². The molecule has 0 aliphatic carbocycles. The Labute approximate surface area is 224 Å². The van der Waals surface area contributed by atoms with Gasteiger partial charge >= 0.3 is 0 Å². The molecule has 2 N–H and O–H groups in total. The Hall–Kier alpha value is -3.94. The van der Waals surface area contributed by atoms with Gasteiger partial charge in [-0.1, -0.05) is 29.8 Å². The van der Waals surface area contributed by atoms with E-state index in [1.807, 2.05) is 58.0 Å². The first-order chi connectivity index (χ1) is 17.7. The summed E-state index contributed by atoms with van der Waals surface area (Å²) in [6.07, 6.45) is 0. The second-order valence-corrected chi connectivity index (χ2v) is 9.83. The van der Waals surface area contributed by atoms with Gasteiger partial charge in [-0.3, -0.25) is 10.1 Å². The quantitative estimate of drug-likeness (QED) is 0.231. The molecule has 0 fully saturated rings. The molecule has 0 aliphatic heterocycles. The van der Waals surface area contributed by atoms with E-state index in [4.69, 9.17) is 32.7 Å². The van der Waals surface area contributed by atoms with E-state index in [-0.39, 0.29) is 10.9 Å². The van der Waals surface area contributed by atoms with E-state index >= 15 is 0 Å². The number of aryl methyl sites for hydroxylation is 4. The third kappa shape index (κ3) is 5.14. The van der Waals surface area contributed by atoms with Crippen molar-refractivity contribution in [3.63, 3.8) is 0 Å². The largest absolute Gasteiger partial charge is 0.451 e. The normalized spacial score (nSPS) is 11.1. The molecule has 0 unspecified atom stereocenters. The highest BCUT2D eigenvalue weighted by Gasteiger charge is 2.17. The van der Waals surface area contributed by atoms with Crippen LogP contribution in [0.3, 0.4) is 0 Å². The number of rotatable bonds is 4. The molecule has 6 nitrogen and oxygen atoms in total. The predicted molar refractivity (Wildman–Crippen MR) is 151 cm³/mol. The molecule has 186 valence electrons. The molecule has 0 radical (unpaired) electrons. The van der Waals surface area contributed by atoms with Crippen molar-refractivity contribution in [1.82, 2.24) is 10.3 Å². The van der Waals surface area contributed by atoms with Crippen LogP contribution in [0.25, 0.3) is 33.9 Å². The smallest absolute Gasteiger partial charge is 0.293 e. The number of thiocarbonyl (C=S) groups is 1. The third-order valence-electron chi connectivity index (χ3n) is 6.12. The number of benzene rings is 3. The van der Waals surface area contributed by atoms with Crippen LogP contribution in [0.4, 0.5) is 5.69 Å². The van der Waals surface area contributed by atoms with E-state index in [1.165, 1.54) is 5.56 Å². The predicted octanol–water partition coefficient (Wildman–Crippen LogP) is 7.77. The standard InChI is InChI=1S/C29H24ClN3O3S/c1-15-11-18(4)26-23(12-15)32-28(36-26)21-14-20(7-8-22(21)30)31-29(37)33-27(34)25-10-9-24(35-25)19-6-5-16(2)17(3)13-19/h5-14H,1-4H3,(H2,31,33,34,37). The first-order valence-electron chi connectivity index (χ1n) is 11.7. The molecule has 5 rings (SSSR count). The highest BCUT2D eigenvalue weighted by molar-refractivity contribution is 7.80. The van der Waals surface area contributed by atoms with Crippen LogP contribution < -0.4 is 10.6 Å². The molecule has 8 heteroatoms. The summed E-state index contributed by atoms with van der Waals surface area (Å²) in [6, 6.07) is 18.7. The maximum atomic E-state index is 12.7. The number of carbonyl (C=O) groups is 1. The number of nitrogens with one attached hydrogen (secondary N) is 2. The Bertz CT molecular complexity index is 1690. The molecule has 0 saturated carbocycles. The average molecular weight is 530 g/mol. The van der Waals surface area contributed by atoms with E-state index < -0.39 is 5.91 Å². The van der Waals surface area contributed by atoms with Crippen molar-refractivity contribution >= 4 is 51.6 Å². The zero-order valence-electron chi connectivity index (χ0n) is 20.7. The van der Waals surface area contributed by atoms with Gasteiger partial charge in [0.25, 0.3) is 5.91 Å². The molecule has 2 heterocycles. The lowest BCUT2D eigenvalue weighted by atomic mass is 10.1. The van der Waals surface area contributed by atoms with Gasteiger partial charge in [0.2, 0.25) is 5.89 Å². The van der Waals surface area contributed by atoms with E-state index in [2.05, 4.69) is 15.6 Å². The Balaban J connectivity index is 1.31. The number of fused-ring (bicyclic) bond motifs is 1. The van der Waals surface area contributed by atoms with Gasteiger partial charge in [0, 0.05) is 11.3 Å². The lowest BCUT2D eigenvalue weighted by molar-refractivity contribution is 0.0951. The highest BCUT2D eigenvalue weighted by Crippen LogP contribution is 2.33. The molecule has 0 bridgehead atoms. The minimum Gasteiger partial charge on any atom is -0.451 e. The van der Waals surface area contributed by atoms with Crippen LogP contribution in [-0.2, 0) is 0 Å². The van der Waals surface area contributed by atoms with Crippen LogP contribution in [0.1, 0.15) is 32.8 Å². The molecule has 0 spiro atoms. The van der Waals surface area contributed by atoms with Crippen LogP contribution in [-0.4, -0.2) is 16.0 Å². The number of halogens is 1. The number of aromatic nitrogens is 1. The molecule has 1 amide bonds. The van der Waals surface area contributed by atoms with E-state index in [0.717, 1.165) is 33.4 Å². The lowest BCUT2D eigenvalue weighted by Crippen LogP contribution is -2.33. The molecular weight excluding hydrogens is 506 g/mol. The molecular formula is C29H24ClN3O3S. The molecule has 0 atom stereocenters. The first kappa shape index (κ1) is 24.7. The summed E-state index contributed by atoms with van der Waals surface area (Å²) in [7, 11) is 0. The Morgan fingerprint density at radius 1 is 0.892 bits per heavy atom. The van der Waals surface area contributed by atoms with E-state index in [9.17, 15) is 4.79 Å². The van der Waals surface area contributed by atoms with E-state index in [1.54, 1.807) is 30.3 Å².